The minimum atomic E-state index is -0.305. The molecule has 2 unspecified atom stereocenters. The Balaban J connectivity index is 2.01. The summed E-state index contributed by atoms with van der Waals surface area (Å²) in [5, 5.41) is 3.59. The Morgan fingerprint density at radius 3 is 2.61 bits per heavy atom. The number of halogens is 1. The number of methoxy groups -OCH3 is 1. The first-order valence-corrected chi connectivity index (χ1v) is 6.71. The van der Waals surface area contributed by atoms with Crippen molar-refractivity contribution in [1.29, 1.82) is 0 Å². The zero-order valence-corrected chi connectivity index (χ0v) is 11.4. The van der Waals surface area contributed by atoms with Crippen LogP contribution < -0.4 is 10.1 Å². The van der Waals surface area contributed by atoms with Gasteiger partial charge in [0.2, 0.25) is 0 Å². The van der Waals surface area contributed by atoms with Crippen LogP contribution in [0.2, 0.25) is 0 Å². The van der Waals surface area contributed by atoms with Crippen molar-refractivity contribution in [2.45, 2.75) is 45.2 Å². The molecular weight excluding hydrogens is 229 g/mol. The Morgan fingerprint density at radius 2 is 2.06 bits per heavy atom. The lowest BCUT2D eigenvalue weighted by Gasteiger charge is -2.34. The van der Waals surface area contributed by atoms with Crippen LogP contribution in [0.3, 0.4) is 0 Å². The Bertz CT molecular complexity index is 403. The summed E-state index contributed by atoms with van der Waals surface area (Å²) >= 11 is 0. The zero-order chi connectivity index (χ0) is 13.1. The molecule has 100 valence electrons. The van der Waals surface area contributed by atoms with E-state index in [0.29, 0.717) is 11.8 Å². The average molecular weight is 251 g/mol. The van der Waals surface area contributed by atoms with Gasteiger partial charge >= 0.3 is 0 Å². The first-order chi connectivity index (χ1) is 8.61. The molecular formula is C15H22FNO. The van der Waals surface area contributed by atoms with Crippen LogP contribution in [-0.2, 0) is 0 Å². The fourth-order valence-electron chi connectivity index (χ4n) is 2.51. The van der Waals surface area contributed by atoms with Gasteiger partial charge in [-0.05, 0) is 50.3 Å². The molecule has 1 fully saturated rings. The Kier molecular flexibility index (Phi) is 4.23. The molecule has 0 aromatic heterocycles. The molecule has 1 aliphatic rings. The second-order valence-corrected chi connectivity index (χ2v) is 5.26. The minimum Gasteiger partial charge on any atom is -0.494 e. The molecule has 0 amide bonds. The number of ether oxygens (including phenoxy) is 1. The number of hydrogen-bond donors (Lipinski definition) is 1. The fourth-order valence-corrected chi connectivity index (χ4v) is 2.51. The van der Waals surface area contributed by atoms with Crippen LogP contribution in [0.5, 0.6) is 5.75 Å². The van der Waals surface area contributed by atoms with Crippen LogP contribution in [0.25, 0.3) is 0 Å². The molecule has 1 aliphatic carbocycles. The lowest BCUT2D eigenvalue weighted by molar-refractivity contribution is 0.229. The molecule has 1 N–H and O–H groups in total. The number of hydrogen-bond acceptors (Lipinski definition) is 2. The van der Waals surface area contributed by atoms with E-state index in [0.717, 1.165) is 11.5 Å². The first kappa shape index (κ1) is 13.3. The van der Waals surface area contributed by atoms with Gasteiger partial charge in [-0.3, -0.25) is 0 Å². The maximum absolute atomic E-state index is 13.3. The van der Waals surface area contributed by atoms with E-state index in [-0.39, 0.29) is 11.9 Å². The fraction of sp³-hybridized carbons (Fsp3) is 0.600. The van der Waals surface area contributed by atoms with E-state index in [2.05, 4.69) is 19.2 Å². The lowest BCUT2D eigenvalue weighted by Crippen LogP contribution is -2.38. The summed E-state index contributed by atoms with van der Waals surface area (Å²) in [7, 11) is 1.50. The van der Waals surface area contributed by atoms with Gasteiger partial charge in [0, 0.05) is 12.1 Å². The largest absolute Gasteiger partial charge is 0.494 e. The molecule has 18 heavy (non-hydrogen) atoms. The van der Waals surface area contributed by atoms with Gasteiger partial charge in [-0.2, -0.15) is 0 Å². The van der Waals surface area contributed by atoms with E-state index >= 15 is 0 Å². The lowest BCUT2D eigenvalue weighted by atomic mass is 9.80. The molecule has 3 heteroatoms. The molecule has 1 saturated carbocycles. The predicted molar refractivity (Wildman–Crippen MR) is 71.3 cm³/mol. The Morgan fingerprint density at radius 1 is 1.33 bits per heavy atom. The third-order valence-corrected chi connectivity index (χ3v) is 4.05. The van der Waals surface area contributed by atoms with Gasteiger partial charge in [-0.25, -0.2) is 4.39 Å². The number of rotatable bonds is 5. The summed E-state index contributed by atoms with van der Waals surface area (Å²) < 4.78 is 18.4. The smallest absolute Gasteiger partial charge is 0.165 e. The monoisotopic (exact) mass is 251 g/mol. The van der Waals surface area contributed by atoms with Crippen LogP contribution in [0.1, 0.15) is 44.7 Å². The minimum absolute atomic E-state index is 0.218. The van der Waals surface area contributed by atoms with Crippen LogP contribution in [0.4, 0.5) is 4.39 Å². The molecule has 0 heterocycles. The molecule has 0 radical (unpaired) electrons. The van der Waals surface area contributed by atoms with E-state index in [1.165, 1.54) is 32.4 Å². The van der Waals surface area contributed by atoms with Crippen LogP contribution in [0.15, 0.2) is 18.2 Å². The molecule has 2 atom stereocenters. The number of nitrogens with one attached hydrogen (secondary N) is 1. The van der Waals surface area contributed by atoms with Gasteiger partial charge in [0.25, 0.3) is 0 Å². The summed E-state index contributed by atoms with van der Waals surface area (Å²) in [5.41, 5.74) is 1.07. The molecule has 1 aromatic rings. The molecule has 1 aromatic carbocycles. The Hall–Kier alpha value is -1.09. The molecule has 0 spiro atoms. The van der Waals surface area contributed by atoms with Gasteiger partial charge in [0.05, 0.1) is 7.11 Å². The highest BCUT2D eigenvalue weighted by atomic mass is 19.1. The summed E-state index contributed by atoms with van der Waals surface area (Å²) in [6, 6.07) is 5.81. The Labute approximate surface area is 109 Å². The molecule has 0 saturated heterocycles. The predicted octanol–water partition coefficient (Wildman–Crippen LogP) is 3.67. The first-order valence-electron chi connectivity index (χ1n) is 6.71. The quantitative estimate of drug-likeness (QED) is 0.862. The van der Waals surface area contributed by atoms with E-state index in [4.69, 9.17) is 4.74 Å². The summed E-state index contributed by atoms with van der Waals surface area (Å²) in [4.78, 5) is 0. The molecule has 0 aliphatic heterocycles. The van der Waals surface area contributed by atoms with E-state index < -0.39 is 0 Å². The van der Waals surface area contributed by atoms with Gasteiger partial charge in [-0.1, -0.05) is 12.5 Å². The second kappa shape index (κ2) is 5.70. The third-order valence-electron chi connectivity index (χ3n) is 4.05. The summed E-state index contributed by atoms with van der Waals surface area (Å²) in [5.74, 6) is 0.813. The van der Waals surface area contributed by atoms with Gasteiger partial charge in [0.15, 0.2) is 11.6 Å². The van der Waals surface area contributed by atoms with Crippen molar-refractivity contribution in [1.82, 2.24) is 5.32 Å². The summed E-state index contributed by atoms with van der Waals surface area (Å²) in [6.45, 7) is 4.35. The van der Waals surface area contributed by atoms with Crippen molar-refractivity contribution < 1.29 is 9.13 Å². The van der Waals surface area contributed by atoms with E-state index in [1.54, 1.807) is 6.07 Å². The van der Waals surface area contributed by atoms with Crippen molar-refractivity contribution in [3.05, 3.63) is 29.6 Å². The molecule has 2 nitrogen and oxygen atoms in total. The number of benzene rings is 1. The molecule has 2 rings (SSSR count). The van der Waals surface area contributed by atoms with Gasteiger partial charge < -0.3 is 10.1 Å². The van der Waals surface area contributed by atoms with E-state index in [9.17, 15) is 4.39 Å². The van der Waals surface area contributed by atoms with E-state index in [1.807, 2.05) is 6.07 Å². The maximum Gasteiger partial charge on any atom is 0.165 e. The highest BCUT2D eigenvalue weighted by Crippen LogP contribution is 2.31. The summed E-state index contributed by atoms with van der Waals surface area (Å²) in [6.07, 6.45) is 4.01. The second-order valence-electron chi connectivity index (χ2n) is 5.26. The van der Waals surface area contributed by atoms with Gasteiger partial charge in [-0.15, -0.1) is 0 Å². The van der Waals surface area contributed by atoms with Crippen molar-refractivity contribution in [2.75, 3.05) is 7.11 Å². The van der Waals surface area contributed by atoms with Gasteiger partial charge in [0.1, 0.15) is 0 Å². The van der Waals surface area contributed by atoms with Crippen molar-refractivity contribution >= 4 is 0 Å². The average Bonchev–Trinajstić information content (AvgIpc) is 2.26. The zero-order valence-electron chi connectivity index (χ0n) is 11.4. The normalized spacial score (nSPS) is 19.1. The van der Waals surface area contributed by atoms with Crippen LogP contribution in [0, 0.1) is 11.7 Å². The van der Waals surface area contributed by atoms with Crippen molar-refractivity contribution in [2.24, 2.45) is 5.92 Å². The maximum atomic E-state index is 13.3. The highest BCUT2D eigenvalue weighted by Gasteiger charge is 2.25. The third kappa shape index (κ3) is 2.83. The highest BCUT2D eigenvalue weighted by molar-refractivity contribution is 5.32. The van der Waals surface area contributed by atoms with Crippen molar-refractivity contribution in [3.63, 3.8) is 0 Å². The topological polar surface area (TPSA) is 21.3 Å². The van der Waals surface area contributed by atoms with Crippen molar-refractivity contribution in [3.8, 4) is 5.75 Å². The SMILES string of the molecule is COc1cc(C(C)NC(C)C2CCC2)ccc1F. The molecule has 0 bridgehead atoms. The van der Waals surface area contributed by atoms with Crippen LogP contribution >= 0.6 is 0 Å². The standard InChI is InChI=1S/C15H22FNO/c1-10(12-5-4-6-12)17-11(2)13-7-8-14(16)15(9-13)18-3/h7-12,17H,4-6H2,1-3H3. The van der Waals surface area contributed by atoms with Crippen LogP contribution in [-0.4, -0.2) is 13.2 Å².